The van der Waals surface area contributed by atoms with E-state index in [1.807, 2.05) is 26.0 Å². The van der Waals surface area contributed by atoms with E-state index in [4.69, 9.17) is 11.6 Å². The second-order valence-electron chi connectivity index (χ2n) is 4.27. The van der Waals surface area contributed by atoms with Gasteiger partial charge in [-0.3, -0.25) is 0 Å². The Morgan fingerprint density at radius 1 is 1.36 bits per heavy atom. The molecule has 1 rings (SSSR count). The zero-order valence-electron chi connectivity index (χ0n) is 8.97. The van der Waals surface area contributed by atoms with E-state index in [9.17, 15) is 5.11 Å². The molecular formula is C12H17ClO. The van der Waals surface area contributed by atoms with Gasteiger partial charge in [0.2, 0.25) is 0 Å². The summed E-state index contributed by atoms with van der Waals surface area (Å²) in [6.07, 6.45) is 1.59. The highest BCUT2D eigenvalue weighted by Gasteiger charge is 2.13. The molecule has 0 aliphatic carbocycles. The Hall–Kier alpha value is -0.530. The maximum absolute atomic E-state index is 9.67. The Morgan fingerprint density at radius 2 is 2.00 bits per heavy atom. The fourth-order valence-electron chi connectivity index (χ4n) is 1.51. The third kappa shape index (κ3) is 3.32. The first-order valence-electron chi connectivity index (χ1n) is 4.92. The Labute approximate surface area is 90.7 Å². The van der Waals surface area contributed by atoms with Crippen LogP contribution in [-0.4, -0.2) is 10.7 Å². The van der Waals surface area contributed by atoms with Gasteiger partial charge in [0.05, 0.1) is 5.60 Å². The van der Waals surface area contributed by atoms with Gasteiger partial charge in [-0.25, -0.2) is 0 Å². The molecule has 0 spiro atoms. The van der Waals surface area contributed by atoms with Crippen LogP contribution in [0.2, 0.25) is 5.02 Å². The van der Waals surface area contributed by atoms with Gasteiger partial charge in [-0.2, -0.15) is 0 Å². The van der Waals surface area contributed by atoms with E-state index in [0.717, 1.165) is 22.6 Å². The number of hydrogen-bond acceptors (Lipinski definition) is 1. The fourth-order valence-corrected chi connectivity index (χ4v) is 1.76. The minimum Gasteiger partial charge on any atom is -0.390 e. The molecule has 1 N–H and O–H groups in total. The second kappa shape index (κ2) is 4.33. The Morgan fingerprint density at radius 3 is 2.50 bits per heavy atom. The molecule has 0 unspecified atom stereocenters. The maximum atomic E-state index is 9.67. The average Bonchev–Trinajstić information content (AvgIpc) is 2.06. The van der Waals surface area contributed by atoms with Crippen molar-refractivity contribution >= 4 is 11.6 Å². The van der Waals surface area contributed by atoms with Gasteiger partial charge in [0.15, 0.2) is 0 Å². The van der Waals surface area contributed by atoms with Crippen LogP contribution >= 0.6 is 11.6 Å². The van der Waals surface area contributed by atoms with Crippen LogP contribution in [0.4, 0.5) is 0 Å². The molecule has 1 nitrogen and oxygen atoms in total. The van der Waals surface area contributed by atoms with E-state index in [-0.39, 0.29) is 0 Å². The molecule has 0 aliphatic rings. The molecule has 1 aromatic rings. The number of rotatable bonds is 3. The van der Waals surface area contributed by atoms with Crippen molar-refractivity contribution in [1.82, 2.24) is 0 Å². The van der Waals surface area contributed by atoms with Crippen molar-refractivity contribution < 1.29 is 5.11 Å². The molecule has 2 heteroatoms. The van der Waals surface area contributed by atoms with E-state index < -0.39 is 5.60 Å². The van der Waals surface area contributed by atoms with E-state index >= 15 is 0 Å². The maximum Gasteiger partial charge on any atom is 0.0631 e. The number of halogens is 1. The molecule has 78 valence electrons. The molecule has 0 heterocycles. The largest absolute Gasteiger partial charge is 0.390 e. The predicted octanol–water partition coefficient (Wildman–Crippen LogP) is 3.22. The van der Waals surface area contributed by atoms with Crippen LogP contribution in [0.1, 0.15) is 31.9 Å². The highest BCUT2D eigenvalue weighted by Crippen LogP contribution is 2.20. The van der Waals surface area contributed by atoms with Crippen LogP contribution in [0.15, 0.2) is 18.2 Å². The van der Waals surface area contributed by atoms with Gasteiger partial charge in [-0.15, -0.1) is 0 Å². The third-order valence-electron chi connectivity index (χ3n) is 2.13. The van der Waals surface area contributed by atoms with Crippen LogP contribution in [0.3, 0.4) is 0 Å². The van der Waals surface area contributed by atoms with Crippen LogP contribution in [0.5, 0.6) is 0 Å². The highest BCUT2D eigenvalue weighted by atomic mass is 35.5. The summed E-state index contributed by atoms with van der Waals surface area (Å²) in [4.78, 5) is 0. The van der Waals surface area contributed by atoms with E-state index in [1.54, 1.807) is 0 Å². The fraction of sp³-hybridized carbons (Fsp3) is 0.500. The normalized spacial score (nSPS) is 11.8. The van der Waals surface area contributed by atoms with E-state index in [2.05, 4.69) is 13.0 Å². The molecule has 0 amide bonds. The van der Waals surface area contributed by atoms with Crippen molar-refractivity contribution in [1.29, 1.82) is 0 Å². The first-order valence-corrected chi connectivity index (χ1v) is 5.30. The van der Waals surface area contributed by atoms with Crippen molar-refractivity contribution in [3.8, 4) is 0 Å². The molecular weight excluding hydrogens is 196 g/mol. The monoisotopic (exact) mass is 212 g/mol. The Bertz CT molecular complexity index is 313. The van der Waals surface area contributed by atoms with Crippen LogP contribution in [-0.2, 0) is 12.8 Å². The summed E-state index contributed by atoms with van der Waals surface area (Å²) < 4.78 is 0. The summed E-state index contributed by atoms with van der Waals surface area (Å²) in [6, 6.07) is 5.95. The molecule has 0 saturated carbocycles. The Balaban J connectivity index is 2.90. The smallest absolute Gasteiger partial charge is 0.0631 e. The summed E-state index contributed by atoms with van der Waals surface area (Å²) in [7, 11) is 0. The van der Waals surface area contributed by atoms with Gasteiger partial charge in [0.25, 0.3) is 0 Å². The third-order valence-corrected chi connectivity index (χ3v) is 2.50. The summed E-state index contributed by atoms with van der Waals surface area (Å²) in [5.41, 5.74) is 1.63. The quantitative estimate of drug-likeness (QED) is 0.816. The van der Waals surface area contributed by atoms with Gasteiger partial charge >= 0.3 is 0 Å². The van der Waals surface area contributed by atoms with E-state index in [1.165, 1.54) is 0 Å². The van der Waals surface area contributed by atoms with Crippen molar-refractivity contribution in [2.75, 3.05) is 0 Å². The Kier molecular flexibility index (Phi) is 3.57. The van der Waals surface area contributed by atoms with Gasteiger partial charge in [-0.05, 0) is 37.5 Å². The van der Waals surface area contributed by atoms with Crippen LogP contribution < -0.4 is 0 Å². The molecule has 0 atom stereocenters. The zero-order chi connectivity index (χ0) is 10.8. The molecule has 0 fully saturated rings. The highest BCUT2D eigenvalue weighted by molar-refractivity contribution is 6.31. The SMILES string of the molecule is CCc1cc(CC(C)(C)O)ccc1Cl. The molecule has 0 radical (unpaired) electrons. The number of benzene rings is 1. The minimum absolute atomic E-state index is 0.654. The first kappa shape index (κ1) is 11.5. The molecule has 1 aromatic carbocycles. The van der Waals surface area contributed by atoms with Gasteiger partial charge in [0.1, 0.15) is 0 Å². The number of hydrogen-bond donors (Lipinski definition) is 1. The standard InChI is InChI=1S/C12H17ClO/c1-4-10-7-9(5-6-11(10)13)8-12(2,3)14/h5-7,14H,4,8H2,1-3H3. The average molecular weight is 213 g/mol. The lowest BCUT2D eigenvalue weighted by Crippen LogP contribution is -2.21. The van der Waals surface area contributed by atoms with Crippen LogP contribution in [0.25, 0.3) is 0 Å². The predicted molar refractivity (Wildman–Crippen MR) is 60.8 cm³/mol. The van der Waals surface area contributed by atoms with Crippen molar-refractivity contribution in [3.05, 3.63) is 34.3 Å². The second-order valence-corrected chi connectivity index (χ2v) is 4.68. The summed E-state index contributed by atoms with van der Waals surface area (Å²) in [6.45, 7) is 5.70. The van der Waals surface area contributed by atoms with Crippen molar-refractivity contribution in [2.24, 2.45) is 0 Å². The van der Waals surface area contributed by atoms with Gasteiger partial charge in [-0.1, -0.05) is 30.7 Å². The lowest BCUT2D eigenvalue weighted by atomic mass is 9.97. The first-order chi connectivity index (χ1) is 6.42. The van der Waals surface area contributed by atoms with Gasteiger partial charge < -0.3 is 5.11 Å². The van der Waals surface area contributed by atoms with E-state index in [0.29, 0.717) is 6.42 Å². The number of aryl methyl sites for hydroxylation is 1. The molecule has 0 saturated heterocycles. The summed E-state index contributed by atoms with van der Waals surface area (Å²) in [5.74, 6) is 0. The minimum atomic E-state index is -0.654. The molecule has 0 aliphatic heterocycles. The lowest BCUT2D eigenvalue weighted by Gasteiger charge is -2.17. The zero-order valence-corrected chi connectivity index (χ0v) is 9.73. The van der Waals surface area contributed by atoms with Crippen molar-refractivity contribution in [3.63, 3.8) is 0 Å². The molecule has 0 bridgehead atoms. The van der Waals surface area contributed by atoms with Crippen LogP contribution in [0, 0.1) is 0 Å². The summed E-state index contributed by atoms with van der Waals surface area (Å²) in [5, 5.41) is 10.5. The molecule has 14 heavy (non-hydrogen) atoms. The number of aliphatic hydroxyl groups is 1. The lowest BCUT2D eigenvalue weighted by molar-refractivity contribution is 0.0810. The summed E-state index contributed by atoms with van der Waals surface area (Å²) >= 11 is 6.01. The van der Waals surface area contributed by atoms with Crippen molar-refractivity contribution in [2.45, 2.75) is 39.2 Å². The van der Waals surface area contributed by atoms with Gasteiger partial charge in [0, 0.05) is 11.4 Å². The topological polar surface area (TPSA) is 20.2 Å². The molecule has 0 aromatic heterocycles.